The summed E-state index contributed by atoms with van der Waals surface area (Å²) in [5, 5.41) is 9.81. The standard InChI is InChI=1S/C18H22N2O3/c1-23-18-7-3-2-6-14(18)11-20-13-17(22)16(21)10-15(20)12-19-8-4-5-9-19/h2-3,6-7,10,13,22H,4-5,8-9,11-12H2,1H3. The van der Waals surface area contributed by atoms with Gasteiger partial charge in [0.2, 0.25) is 5.43 Å². The Kier molecular flexibility index (Phi) is 4.67. The lowest BCUT2D eigenvalue weighted by Gasteiger charge is -2.20. The Bertz CT molecular complexity index is 733. The van der Waals surface area contributed by atoms with E-state index in [4.69, 9.17) is 4.74 Å². The number of pyridine rings is 1. The van der Waals surface area contributed by atoms with E-state index in [1.807, 2.05) is 28.8 Å². The van der Waals surface area contributed by atoms with Crippen molar-refractivity contribution in [3.05, 3.63) is 58.0 Å². The Labute approximate surface area is 135 Å². The highest BCUT2D eigenvalue weighted by Crippen LogP contribution is 2.21. The Morgan fingerprint density at radius 2 is 1.91 bits per heavy atom. The Hall–Kier alpha value is -2.27. The van der Waals surface area contributed by atoms with Crippen LogP contribution in [0.2, 0.25) is 0 Å². The molecule has 0 aliphatic carbocycles. The monoisotopic (exact) mass is 314 g/mol. The highest BCUT2D eigenvalue weighted by Gasteiger charge is 2.15. The molecule has 1 aliphatic rings. The molecule has 3 rings (SSSR count). The zero-order valence-electron chi connectivity index (χ0n) is 13.4. The van der Waals surface area contributed by atoms with Crippen LogP contribution in [0.4, 0.5) is 0 Å². The highest BCUT2D eigenvalue weighted by molar-refractivity contribution is 5.34. The van der Waals surface area contributed by atoms with Crippen LogP contribution in [0.1, 0.15) is 24.1 Å². The summed E-state index contributed by atoms with van der Waals surface area (Å²) in [5.41, 5.74) is 1.61. The van der Waals surface area contributed by atoms with Crippen molar-refractivity contribution in [2.75, 3.05) is 20.2 Å². The van der Waals surface area contributed by atoms with E-state index in [0.29, 0.717) is 6.54 Å². The van der Waals surface area contributed by atoms with Crippen molar-refractivity contribution in [1.82, 2.24) is 9.47 Å². The molecule has 1 aromatic carbocycles. The van der Waals surface area contributed by atoms with E-state index in [-0.39, 0.29) is 11.2 Å². The SMILES string of the molecule is COc1ccccc1Cn1cc(O)c(=O)cc1CN1CCCC1. The fourth-order valence-electron chi connectivity index (χ4n) is 3.07. The number of hydrogen-bond acceptors (Lipinski definition) is 4. The van der Waals surface area contributed by atoms with Gasteiger partial charge in [-0.2, -0.15) is 0 Å². The predicted octanol–water partition coefficient (Wildman–Crippen LogP) is 2.21. The maximum atomic E-state index is 11.8. The van der Waals surface area contributed by atoms with E-state index in [1.54, 1.807) is 13.2 Å². The molecule has 23 heavy (non-hydrogen) atoms. The van der Waals surface area contributed by atoms with Gasteiger partial charge in [0.25, 0.3) is 0 Å². The Balaban J connectivity index is 1.93. The molecule has 1 saturated heterocycles. The van der Waals surface area contributed by atoms with Gasteiger partial charge in [-0.25, -0.2) is 0 Å². The van der Waals surface area contributed by atoms with Gasteiger partial charge < -0.3 is 14.4 Å². The van der Waals surface area contributed by atoms with E-state index >= 15 is 0 Å². The van der Waals surface area contributed by atoms with Crippen molar-refractivity contribution in [1.29, 1.82) is 0 Å². The lowest BCUT2D eigenvalue weighted by atomic mass is 10.2. The van der Waals surface area contributed by atoms with Crippen LogP contribution in [0.5, 0.6) is 11.5 Å². The molecule has 0 bridgehead atoms. The topological polar surface area (TPSA) is 54.7 Å². The lowest BCUT2D eigenvalue weighted by molar-refractivity contribution is 0.319. The zero-order chi connectivity index (χ0) is 16.2. The fraction of sp³-hybridized carbons (Fsp3) is 0.389. The summed E-state index contributed by atoms with van der Waals surface area (Å²) >= 11 is 0. The summed E-state index contributed by atoms with van der Waals surface area (Å²) in [6, 6.07) is 9.34. The van der Waals surface area contributed by atoms with Gasteiger partial charge in [0.1, 0.15) is 5.75 Å². The van der Waals surface area contributed by atoms with Gasteiger partial charge in [0.05, 0.1) is 19.9 Å². The quantitative estimate of drug-likeness (QED) is 0.919. The molecule has 1 fully saturated rings. The smallest absolute Gasteiger partial charge is 0.223 e. The molecule has 5 nitrogen and oxygen atoms in total. The van der Waals surface area contributed by atoms with Gasteiger partial charge in [0, 0.05) is 23.9 Å². The average Bonchev–Trinajstić information content (AvgIpc) is 3.06. The first-order valence-corrected chi connectivity index (χ1v) is 7.94. The lowest BCUT2D eigenvalue weighted by Crippen LogP contribution is -2.23. The van der Waals surface area contributed by atoms with Crippen molar-refractivity contribution < 1.29 is 9.84 Å². The number of ether oxygens (including phenoxy) is 1. The first kappa shape index (κ1) is 15.6. The number of para-hydroxylation sites is 1. The van der Waals surface area contributed by atoms with Crippen LogP contribution in [0.3, 0.4) is 0 Å². The van der Waals surface area contributed by atoms with Crippen LogP contribution < -0.4 is 10.2 Å². The molecule has 122 valence electrons. The van der Waals surface area contributed by atoms with E-state index in [2.05, 4.69) is 4.90 Å². The van der Waals surface area contributed by atoms with E-state index in [1.165, 1.54) is 19.0 Å². The summed E-state index contributed by atoms with van der Waals surface area (Å²) in [6.07, 6.45) is 3.93. The third-order valence-electron chi connectivity index (χ3n) is 4.31. The van der Waals surface area contributed by atoms with E-state index in [9.17, 15) is 9.90 Å². The third-order valence-corrected chi connectivity index (χ3v) is 4.31. The van der Waals surface area contributed by atoms with Crippen molar-refractivity contribution in [2.24, 2.45) is 0 Å². The van der Waals surface area contributed by atoms with Gasteiger partial charge in [0.15, 0.2) is 5.75 Å². The Morgan fingerprint density at radius 3 is 2.65 bits per heavy atom. The van der Waals surface area contributed by atoms with Gasteiger partial charge in [-0.05, 0) is 32.0 Å². The molecule has 0 amide bonds. The highest BCUT2D eigenvalue weighted by atomic mass is 16.5. The van der Waals surface area contributed by atoms with Crippen molar-refractivity contribution in [3.8, 4) is 11.5 Å². The van der Waals surface area contributed by atoms with Crippen LogP contribution >= 0.6 is 0 Å². The molecule has 1 N–H and O–H groups in total. The minimum absolute atomic E-state index is 0.218. The van der Waals surface area contributed by atoms with Crippen LogP contribution in [-0.4, -0.2) is 34.8 Å². The maximum Gasteiger partial charge on any atom is 0.223 e. The number of hydrogen-bond donors (Lipinski definition) is 1. The summed E-state index contributed by atoms with van der Waals surface area (Å²) in [7, 11) is 1.65. The third kappa shape index (κ3) is 3.56. The molecule has 0 spiro atoms. The minimum atomic E-state index is -0.324. The minimum Gasteiger partial charge on any atom is -0.503 e. The zero-order valence-corrected chi connectivity index (χ0v) is 13.4. The van der Waals surface area contributed by atoms with Crippen LogP contribution in [0.15, 0.2) is 41.3 Å². The van der Waals surface area contributed by atoms with Gasteiger partial charge in [-0.3, -0.25) is 9.69 Å². The summed E-state index contributed by atoms with van der Waals surface area (Å²) in [5.74, 6) is 0.586. The first-order valence-electron chi connectivity index (χ1n) is 7.94. The van der Waals surface area contributed by atoms with Crippen molar-refractivity contribution >= 4 is 0 Å². The average molecular weight is 314 g/mol. The molecule has 0 saturated carbocycles. The second-order valence-electron chi connectivity index (χ2n) is 5.94. The normalized spacial score (nSPS) is 15.0. The number of methoxy groups -OCH3 is 1. The van der Waals surface area contributed by atoms with Gasteiger partial charge in [-0.1, -0.05) is 18.2 Å². The molecule has 1 aliphatic heterocycles. The Morgan fingerprint density at radius 1 is 1.17 bits per heavy atom. The van der Waals surface area contributed by atoms with E-state index < -0.39 is 0 Å². The maximum absolute atomic E-state index is 11.8. The molecule has 0 atom stereocenters. The molecule has 0 radical (unpaired) electrons. The second-order valence-corrected chi connectivity index (χ2v) is 5.94. The summed E-state index contributed by atoms with van der Waals surface area (Å²) < 4.78 is 7.33. The van der Waals surface area contributed by atoms with Crippen molar-refractivity contribution in [3.63, 3.8) is 0 Å². The van der Waals surface area contributed by atoms with Crippen LogP contribution in [-0.2, 0) is 13.1 Å². The fourth-order valence-corrected chi connectivity index (χ4v) is 3.07. The van der Waals surface area contributed by atoms with Gasteiger partial charge in [-0.15, -0.1) is 0 Å². The van der Waals surface area contributed by atoms with Gasteiger partial charge >= 0.3 is 0 Å². The van der Waals surface area contributed by atoms with Crippen LogP contribution in [0.25, 0.3) is 0 Å². The second kappa shape index (κ2) is 6.87. The number of likely N-dealkylation sites (tertiary alicyclic amines) is 1. The largest absolute Gasteiger partial charge is 0.503 e. The molecule has 2 aromatic rings. The number of aromatic hydroxyl groups is 1. The number of benzene rings is 1. The van der Waals surface area contributed by atoms with E-state index in [0.717, 1.165) is 36.6 Å². The summed E-state index contributed by atoms with van der Waals surface area (Å²) in [6.45, 7) is 3.40. The number of nitrogens with zero attached hydrogens (tertiary/aromatic N) is 2. The molecule has 5 heteroatoms. The van der Waals surface area contributed by atoms with Crippen molar-refractivity contribution in [2.45, 2.75) is 25.9 Å². The van der Waals surface area contributed by atoms with Crippen LogP contribution in [0, 0.1) is 0 Å². The number of rotatable bonds is 5. The molecular weight excluding hydrogens is 292 g/mol. The number of aromatic nitrogens is 1. The molecular formula is C18H22N2O3. The predicted molar refractivity (Wildman–Crippen MR) is 89.0 cm³/mol. The molecule has 2 heterocycles. The first-order chi connectivity index (χ1) is 11.2. The molecule has 1 aromatic heterocycles. The molecule has 0 unspecified atom stereocenters. The summed E-state index contributed by atoms with van der Waals surface area (Å²) in [4.78, 5) is 14.2.